The summed E-state index contributed by atoms with van der Waals surface area (Å²) in [7, 11) is 0. The van der Waals surface area contributed by atoms with Gasteiger partial charge in [-0.15, -0.1) is 0 Å². The molecule has 4 rings (SSSR count). The van der Waals surface area contributed by atoms with E-state index in [4.69, 9.17) is 9.15 Å². The molecule has 1 aliphatic heterocycles. The molecule has 7 nitrogen and oxygen atoms in total. The SMILES string of the molecule is CC(=O)N[C@H]1C(C)(C)[C@@H]2C[C@@H]3[C@@H](CCNC(=O)c4cocn4)OCC[C@@]31C2. The lowest BCUT2D eigenvalue weighted by atomic mass is 9.59. The smallest absolute Gasteiger partial charge is 0.273 e. The average Bonchev–Trinajstić information content (AvgIpc) is 3.30. The highest BCUT2D eigenvalue weighted by atomic mass is 16.5. The number of nitrogens with zero attached hydrogens (tertiary/aromatic N) is 1. The van der Waals surface area contributed by atoms with E-state index in [0.29, 0.717) is 24.1 Å². The zero-order valence-electron chi connectivity index (χ0n) is 16.3. The molecule has 2 amide bonds. The molecule has 1 saturated heterocycles. The fourth-order valence-corrected chi connectivity index (χ4v) is 6.14. The lowest BCUT2D eigenvalue weighted by Crippen LogP contribution is -2.60. The van der Waals surface area contributed by atoms with Crippen LogP contribution in [0.3, 0.4) is 0 Å². The molecule has 1 aromatic heterocycles. The standard InChI is InChI=1S/C20H29N3O4/c1-12(24)23-18-19(2,3)13-8-14-16(27-7-5-20(14,18)9-13)4-6-21-17(25)15-10-26-11-22-15/h10-11,13-14,16,18H,4-9H2,1-3H3,(H,21,25)(H,23,24)/t13-,14-,16-,18+,20-/m1/s1. The van der Waals surface area contributed by atoms with Crippen molar-refractivity contribution in [3.8, 4) is 0 Å². The lowest BCUT2D eigenvalue weighted by Gasteiger charge is -2.53. The average molecular weight is 375 g/mol. The van der Waals surface area contributed by atoms with Gasteiger partial charge in [0, 0.05) is 26.1 Å². The van der Waals surface area contributed by atoms with Gasteiger partial charge in [0.15, 0.2) is 12.1 Å². The van der Waals surface area contributed by atoms with Gasteiger partial charge in [-0.2, -0.15) is 0 Å². The monoisotopic (exact) mass is 375 g/mol. The summed E-state index contributed by atoms with van der Waals surface area (Å²) in [6.07, 6.45) is 6.81. The van der Waals surface area contributed by atoms with Gasteiger partial charge in [0.05, 0.1) is 6.10 Å². The molecule has 7 heteroatoms. The first kappa shape index (κ1) is 18.5. The molecular formula is C20H29N3O4. The minimum atomic E-state index is -0.223. The number of oxazole rings is 1. The van der Waals surface area contributed by atoms with Crippen molar-refractivity contribution in [1.29, 1.82) is 0 Å². The fourth-order valence-electron chi connectivity index (χ4n) is 6.14. The Kier molecular flexibility index (Phi) is 4.53. The molecule has 1 spiro atoms. The lowest BCUT2D eigenvalue weighted by molar-refractivity contribution is -0.135. The molecule has 3 fully saturated rings. The van der Waals surface area contributed by atoms with Gasteiger partial charge >= 0.3 is 0 Å². The highest BCUT2D eigenvalue weighted by Gasteiger charge is 2.68. The maximum Gasteiger partial charge on any atom is 0.273 e. The van der Waals surface area contributed by atoms with Gasteiger partial charge < -0.3 is 19.8 Å². The molecule has 2 heterocycles. The second kappa shape index (κ2) is 6.62. The van der Waals surface area contributed by atoms with Crippen LogP contribution >= 0.6 is 0 Å². The summed E-state index contributed by atoms with van der Waals surface area (Å²) in [6.45, 7) is 7.47. The first-order valence-corrected chi connectivity index (χ1v) is 9.89. The van der Waals surface area contributed by atoms with Gasteiger partial charge in [-0.1, -0.05) is 13.8 Å². The van der Waals surface area contributed by atoms with Crippen molar-refractivity contribution >= 4 is 11.8 Å². The van der Waals surface area contributed by atoms with Gasteiger partial charge in [0.2, 0.25) is 5.91 Å². The minimum absolute atomic E-state index is 0.0525. The van der Waals surface area contributed by atoms with Crippen LogP contribution < -0.4 is 10.6 Å². The Bertz CT molecular complexity index is 717. The Labute approximate surface area is 159 Å². The number of ether oxygens (including phenoxy) is 1. The number of amides is 2. The molecule has 27 heavy (non-hydrogen) atoms. The quantitative estimate of drug-likeness (QED) is 0.822. The Morgan fingerprint density at radius 3 is 2.89 bits per heavy atom. The highest BCUT2D eigenvalue weighted by Crippen LogP contribution is 2.68. The molecule has 0 aromatic carbocycles. The molecule has 0 radical (unpaired) electrons. The number of carbonyl (C=O) groups is 2. The summed E-state index contributed by atoms with van der Waals surface area (Å²) in [6, 6.07) is 0.197. The zero-order chi connectivity index (χ0) is 19.2. The predicted octanol–water partition coefficient (Wildman–Crippen LogP) is 2.14. The van der Waals surface area contributed by atoms with Crippen molar-refractivity contribution in [3.63, 3.8) is 0 Å². The third-order valence-electron chi connectivity index (χ3n) is 7.35. The fraction of sp³-hybridized carbons (Fsp3) is 0.750. The first-order valence-electron chi connectivity index (χ1n) is 9.89. The molecule has 0 unspecified atom stereocenters. The van der Waals surface area contributed by atoms with Gasteiger partial charge in [-0.05, 0) is 48.3 Å². The second-order valence-electron chi connectivity index (χ2n) is 9.01. The van der Waals surface area contributed by atoms with Crippen LogP contribution in [0.5, 0.6) is 0 Å². The predicted molar refractivity (Wildman–Crippen MR) is 97.8 cm³/mol. The van der Waals surface area contributed by atoms with Crippen LogP contribution in [-0.2, 0) is 9.53 Å². The van der Waals surface area contributed by atoms with Crippen LogP contribution in [0.1, 0.15) is 56.9 Å². The van der Waals surface area contributed by atoms with Crippen LogP contribution in [0.25, 0.3) is 0 Å². The van der Waals surface area contributed by atoms with Crippen LogP contribution in [-0.4, -0.2) is 42.1 Å². The molecule has 1 aromatic rings. The topological polar surface area (TPSA) is 93.5 Å². The van der Waals surface area contributed by atoms with Gasteiger partial charge in [-0.3, -0.25) is 9.59 Å². The summed E-state index contributed by atoms with van der Waals surface area (Å²) in [5.41, 5.74) is 0.535. The van der Waals surface area contributed by atoms with E-state index >= 15 is 0 Å². The first-order chi connectivity index (χ1) is 12.8. The van der Waals surface area contributed by atoms with E-state index in [1.807, 2.05) is 0 Å². The Morgan fingerprint density at radius 1 is 1.37 bits per heavy atom. The Balaban J connectivity index is 1.43. The van der Waals surface area contributed by atoms with Gasteiger partial charge in [-0.25, -0.2) is 4.98 Å². The molecule has 5 atom stereocenters. The van der Waals surface area contributed by atoms with Crippen molar-refractivity contribution in [2.45, 2.75) is 58.6 Å². The summed E-state index contributed by atoms with van der Waals surface area (Å²) < 4.78 is 11.0. The molecule has 2 aliphatic carbocycles. The van der Waals surface area contributed by atoms with Crippen LogP contribution in [0.4, 0.5) is 0 Å². The van der Waals surface area contributed by atoms with Gasteiger partial charge in [0.25, 0.3) is 5.91 Å². The van der Waals surface area contributed by atoms with E-state index in [1.165, 1.54) is 19.1 Å². The van der Waals surface area contributed by atoms with Crippen molar-refractivity contribution in [1.82, 2.24) is 15.6 Å². The van der Waals surface area contributed by atoms with Crippen LogP contribution in [0, 0.1) is 22.7 Å². The third kappa shape index (κ3) is 2.96. The van der Waals surface area contributed by atoms with Crippen LogP contribution in [0.2, 0.25) is 0 Å². The molecule has 148 valence electrons. The molecule has 2 N–H and O–H groups in total. The third-order valence-corrected chi connectivity index (χ3v) is 7.35. The minimum Gasteiger partial charge on any atom is -0.451 e. The van der Waals surface area contributed by atoms with Crippen molar-refractivity contribution in [2.75, 3.05) is 13.2 Å². The Morgan fingerprint density at radius 2 is 2.19 bits per heavy atom. The van der Waals surface area contributed by atoms with E-state index in [0.717, 1.165) is 25.9 Å². The number of carbonyl (C=O) groups excluding carboxylic acids is 2. The van der Waals surface area contributed by atoms with E-state index in [-0.39, 0.29) is 34.8 Å². The number of hydrogen-bond donors (Lipinski definition) is 2. The number of nitrogens with one attached hydrogen (secondary N) is 2. The summed E-state index contributed by atoms with van der Waals surface area (Å²) in [5, 5.41) is 6.19. The van der Waals surface area contributed by atoms with Crippen molar-refractivity contribution in [2.24, 2.45) is 22.7 Å². The molecule has 2 bridgehead atoms. The van der Waals surface area contributed by atoms with Gasteiger partial charge in [0.1, 0.15) is 6.26 Å². The van der Waals surface area contributed by atoms with Crippen LogP contribution in [0.15, 0.2) is 17.1 Å². The number of fused-ring (bicyclic) bond motifs is 1. The van der Waals surface area contributed by atoms with E-state index in [1.54, 1.807) is 6.92 Å². The molecular weight excluding hydrogens is 346 g/mol. The van der Waals surface area contributed by atoms with Crippen molar-refractivity contribution in [3.05, 3.63) is 18.4 Å². The van der Waals surface area contributed by atoms with E-state index < -0.39 is 0 Å². The number of hydrogen-bond acceptors (Lipinski definition) is 5. The molecule has 2 saturated carbocycles. The zero-order valence-corrected chi connectivity index (χ0v) is 16.3. The van der Waals surface area contributed by atoms with E-state index in [2.05, 4.69) is 29.5 Å². The van der Waals surface area contributed by atoms with Crippen molar-refractivity contribution < 1.29 is 18.7 Å². The molecule has 3 aliphatic rings. The number of rotatable bonds is 5. The normalized spacial score (nSPS) is 36.3. The summed E-state index contributed by atoms with van der Waals surface area (Å²) in [5.74, 6) is 0.870. The van der Waals surface area contributed by atoms with E-state index in [9.17, 15) is 9.59 Å². The highest BCUT2D eigenvalue weighted by molar-refractivity contribution is 5.91. The Hall–Kier alpha value is -1.89. The second-order valence-corrected chi connectivity index (χ2v) is 9.01. The number of aromatic nitrogens is 1. The maximum absolute atomic E-state index is 12.0. The largest absolute Gasteiger partial charge is 0.451 e. The maximum atomic E-state index is 12.0. The summed E-state index contributed by atoms with van der Waals surface area (Å²) in [4.78, 5) is 27.8. The summed E-state index contributed by atoms with van der Waals surface area (Å²) >= 11 is 0.